The predicted molar refractivity (Wildman–Crippen MR) is 102 cm³/mol. The SMILES string of the molecule is CC(C)(C)c1cc(C(C)(C)C)c2oc(CC3=CCCCC3)nc2c1. The zero-order chi connectivity index (χ0) is 17.5. The van der Waals surface area contributed by atoms with Crippen LogP contribution in [0.3, 0.4) is 0 Å². The van der Waals surface area contributed by atoms with Crippen molar-refractivity contribution < 1.29 is 4.42 Å². The molecule has 130 valence electrons. The van der Waals surface area contributed by atoms with Crippen LogP contribution in [-0.4, -0.2) is 4.98 Å². The van der Waals surface area contributed by atoms with Gasteiger partial charge in [-0.15, -0.1) is 0 Å². The first-order valence-electron chi connectivity index (χ1n) is 9.27. The fraction of sp³-hybridized carbons (Fsp3) is 0.591. The van der Waals surface area contributed by atoms with Gasteiger partial charge in [0.2, 0.25) is 0 Å². The van der Waals surface area contributed by atoms with Crippen LogP contribution in [0.5, 0.6) is 0 Å². The lowest BCUT2D eigenvalue weighted by Gasteiger charge is -2.24. The van der Waals surface area contributed by atoms with Crippen molar-refractivity contribution in [3.8, 4) is 0 Å². The average molecular weight is 325 g/mol. The molecule has 0 aliphatic heterocycles. The predicted octanol–water partition coefficient (Wildman–Crippen LogP) is 6.47. The number of aromatic nitrogens is 1. The highest BCUT2D eigenvalue weighted by Crippen LogP contribution is 2.36. The van der Waals surface area contributed by atoms with E-state index in [0.29, 0.717) is 0 Å². The maximum atomic E-state index is 6.24. The van der Waals surface area contributed by atoms with Gasteiger partial charge in [0.25, 0.3) is 0 Å². The second kappa shape index (κ2) is 6.06. The van der Waals surface area contributed by atoms with Crippen molar-refractivity contribution in [2.75, 3.05) is 0 Å². The van der Waals surface area contributed by atoms with Gasteiger partial charge in [0.1, 0.15) is 5.52 Å². The highest BCUT2D eigenvalue weighted by atomic mass is 16.3. The van der Waals surface area contributed by atoms with Crippen molar-refractivity contribution in [2.24, 2.45) is 0 Å². The van der Waals surface area contributed by atoms with Gasteiger partial charge >= 0.3 is 0 Å². The van der Waals surface area contributed by atoms with E-state index in [0.717, 1.165) is 23.4 Å². The maximum Gasteiger partial charge on any atom is 0.199 e. The van der Waals surface area contributed by atoms with E-state index in [1.807, 2.05) is 0 Å². The van der Waals surface area contributed by atoms with E-state index in [4.69, 9.17) is 9.40 Å². The van der Waals surface area contributed by atoms with Crippen LogP contribution in [0.4, 0.5) is 0 Å². The largest absolute Gasteiger partial charge is 0.440 e. The molecule has 1 aromatic carbocycles. The van der Waals surface area contributed by atoms with E-state index in [9.17, 15) is 0 Å². The van der Waals surface area contributed by atoms with Gasteiger partial charge in [-0.1, -0.05) is 59.3 Å². The van der Waals surface area contributed by atoms with Crippen molar-refractivity contribution in [3.05, 3.63) is 40.8 Å². The summed E-state index contributed by atoms with van der Waals surface area (Å²) in [5, 5.41) is 0. The molecule has 24 heavy (non-hydrogen) atoms. The first kappa shape index (κ1) is 17.3. The number of hydrogen-bond donors (Lipinski definition) is 0. The molecule has 1 heterocycles. The Morgan fingerprint density at radius 1 is 1.00 bits per heavy atom. The molecule has 1 aliphatic rings. The van der Waals surface area contributed by atoms with Gasteiger partial charge in [-0.25, -0.2) is 4.98 Å². The van der Waals surface area contributed by atoms with E-state index in [-0.39, 0.29) is 10.8 Å². The Morgan fingerprint density at radius 2 is 1.75 bits per heavy atom. The Hall–Kier alpha value is -1.57. The van der Waals surface area contributed by atoms with E-state index in [1.165, 1.54) is 42.4 Å². The van der Waals surface area contributed by atoms with Gasteiger partial charge < -0.3 is 4.42 Å². The topological polar surface area (TPSA) is 26.0 Å². The summed E-state index contributed by atoms with van der Waals surface area (Å²) in [5.74, 6) is 0.870. The van der Waals surface area contributed by atoms with Crippen LogP contribution in [0.1, 0.15) is 84.2 Å². The summed E-state index contributed by atoms with van der Waals surface area (Å²) >= 11 is 0. The van der Waals surface area contributed by atoms with Gasteiger partial charge in [0, 0.05) is 12.0 Å². The minimum absolute atomic E-state index is 0.0421. The number of oxazole rings is 1. The third-order valence-corrected chi connectivity index (χ3v) is 4.97. The Labute approximate surface area is 146 Å². The van der Waals surface area contributed by atoms with Gasteiger partial charge in [-0.2, -0.15) is 0 Å². The van der Waals surface area contributed by atoms with E-state index >= 15 is 0 Å². The summed E-state index contributed by atoms with van der Waals surface area (Å²) in [7, 11) is 0. The summed E-state index contributed by atoms with van der Waals surface area (Å²) < 4.78 is 6.24. The first-order chi connectivity index (χ1) is 11.1. The van der Waals surface area contributed by atoms with Crippen molar-refractivity contribution in [3.63, 3.8) is 0 Å². The third kappa shape index (κ3) is 3.58. The monoisotopic (exact) mass is 325 g/mol. The van der Waals surface area contributed by atoms with Crippen LogP contribution in [0.15, 0.2) is 28.2 Å². The van der Waals surface area contributed by atoms with Crippen LogP contribution in [0.25, 0.3) is 11.1 Å². The van der Waals surface area contributed by atoms with Crippen molar-refractivity contribution in [2.45, 2.75) is 84.5 Å². The fourth-order valence-corrected chi connectivity index (χ4v) is 3.40. The molecule has 2 nitrogen and oxygen atoms in total. The minimum Gasteiger partial charge on any atom is -0.440 e. The van der Waals surface area contributed by atoms with E-state index in [2.05, 4.69) is 59.8 Å². The number of allylic oxidation sites excluding steroid dienone is 2. The third-order valence-electron chi connectivity index (χ3n) is 4.97. The Balaban J connectivity index is 2.08. The lowest BCUT2D eigenvalue weighted by molar-refractivity contribution is 0.513. The molecule has 0 unspecified atom stereocenters. The first-order valence-corrected chi connectivity index (χ1v) is 9.27. The molecule has 0 radical (unpaired) electrons. The smallest absolute Gasteiger partial charge is 0.199 e. The van der Waals surface area contributed by atoms with Crippen molar-refractivity contribution in [1.29, 1.82) is 0 Å². The molecule has 2 heteroatoms. The number of hydrogen-bond acceptors (Lipinski definition) is 2. The van der Waals surface area contributed by atoms with Crippen molar-refractivity contribution in [1.82, 2.24) is 4.98 Å². The molecule has 0 bridgehead atoms. The fourth-order valence-electron chi connectivity index (χ4n) is 3.40. The molecular weight excluding hydrogens is 294 g/mol. The molecule has 0 atom stereocenters. The Morgan fingerprint density at radius 3 is 2.33 bits per heavy atom. The summed E-state index contributed by atoms with van der Waals surface area (Å²) in [6.07, 6.45) is 8.26. The molecular formula is C22H31NO. The zero-order valence-corrected chi connectivity index (χ0v) is 16.1. The second-order valence-electron chi connectivity index (χ2n) is 9.26. The quantitative estimate of drug-likeness (QED) is 0.592. The normalized spacial score (nSPS) is 16.5. The second-order valence-corrected chi connectivity index (χ2v) is 9.26. The molecule has 3 rings (SSSR count). The molecule has 0 amide bonds. The van der Waals surface area contributed by atoms with Gasteiger partial charge in [-0.3, -0.25) is 0 Å². The minimum atomic E-state index is 0.0421. The van der Waals surface area contributed by atoms with Gasteiger partial charge in [-0.05, 0) is 48.1 Å². The molecule has 2 aromatic rings. The lowest BCUT2D eigenvalue weighted by atomic mass is 9.80. The number of fused-ring (bicyclic) bond motifs is 1. The summed E-state index contributed by atoms with van der Waals surface area (Å²) in [6.45, 7) is 13.5. The molecule has 1 aromatic heterocycles. The van der Waals surface area contributed by atoms with Crippen LogP contribution in [-0.2, 0) is 17.3 Å². The zero-order valence-electron chi connectivity index (χ0n) is 16.1. The maximum absolute atomic E-state index is 6.24. The standard InChI is InChI=1S/C22H31NO/c1-21(2,3)16-13-17(22(4,5)6)20-18(14-16)23-19(24-20)12-15-10-8-7-9-11-15/h10,13-14H,7-9,11-12H2,1-6H3. The van der Waals surface area contributed by atoms with E-state index in [1.54, 1.807) is 0 Å². The summed E-state index contributed by atoms with van der Waals surface area (Å²) in [6, 6.07) is 4.53. The molecule has 0 fully saturated rings. The van der Waals surface area contributed by atoms with Gasteiger partial charge in [0.05, 0.1) is 0 Å². The highest BCUT2D eigenvalue weighted by Gasteiger charge is 2.25. The lowest BCUT2D eigenvalue weighted by Crippen LogP contribution is -2.16. The van der Waals surface area contributed by atoms with Gasteiger partial charge in [0.15, 0.2) is 11.5 Å². The van der Waals surface area contributed by atoms with Crippen LogP contribution < -0.4 is 0 Å². The Kier molecular flexibility index (Phi) is 4.36. The highest BCUT2D eigenvalue weighted by molar-refractivity contribution is 5.79. The van der Waals surface area contributed by atoms with Crippen molar-refractivity contribution >= 4 is 11.1 Å². The Bertz CT molecular complexity index is 766. The molecule has 0 saturated carbocycles. The number of nitrogens with zero attached hydrogens (tertiary/aromatic N) is 1. The average Bonchev–Trinajstić information content (AvgIpc) is 2.87. The summed E-state index contributed by atoms with van der Waals surface area (Å²) in [5.41, 5.74) is 6.22. The number of benzene rings is 1. The summed E-state index contributed by atoms with van der Waals surface area (Å²) in [4.78, 5) is 4.85. The van der Waals surface area contributed by atoms with Crippen LogP contribution in [0.2, 0.25) is 0 Å². The van der Waals surface area contributed by atoms with Crippen LogP contribution >= 0.6 is 0 Å². The molecule has 0 spiro atoms. The van der Waals surface area contributed by atoms with E-state index < -0.39 is 0 Å². The molecule has 0 N–H and O–H groups in total. The molecule has 1 aliphatic carbocycles. The van der Waals surface area contributed by atoms with Crippen LogP contribution in [0, 0.1) is 0 Å². The molecule has 0 saturated heterocycles. The number of rotatable bonds is 2.